The van der Waals surface area contributed by atoms with Crippen LogP contribution in [0.4, 0.5) is 0 Å². The van der Waals surface area contributed by atoms with Crippen LogP contribution in [0.2, 0.25) is 0 Å². The Bertz CT molecular complexity index is 1020. The Morgan fingerprint density at radius 2 is 1.70 bits per heavy atom. The summed E-state index contributed by atoms with van der Waals surface area (Å²) in [6, 6.07) is 11.9. The van der Waals surface area contributed by atoms with Gasteiger partial charge in [-0.25, -0.2) is 14.4 Å². The molecule has 0 aliphatic heterocycles. The van der Waals surface area contributed by atoms with Crippen molar-refractivity contribution < 1.29 is 33.3 Å². The molecule has 33 heavy (non-hydrogen) atoms. The number of carbonyl (C=O) groups is 3. The Hall–Kier alpha value is -3.87. The fourth-order valence-electron chi connectivity index (χ4n) is 2.65. The van der Waals surface area contributed by atoms with Crippen LogP contribution in [0.5, 0.6) is 11.5 Å². The number of rotatable bonds is 11. The van der Waals surface area contributed by atoms with E-state index in [0.717, 1.165) is 17.5 Å². The summed E-state index contributed by atoms with van der Waals surface area (Å²) in [5.41, 5.74) is 2.31. The first-order valence-corrected chi connectivity index (χ1v) is 10.4. The van der Waals surface area contributed by atoms with Gasteiger partial charge in [-0.1, -0.05) is 12.6 Å². The number of hydrogen-bond acceptors (Lipinski definition) is 7. The fourth-order valence-corrected chi connectivity index (χ4v) is 2.65. The number of benzene rings is 2. The van der Waals surface area contributed by atoms with E-state index in [9.17, 15) is 14.4 Å². The molecular weight excluding hydrogens is 424 g/mol. The van der Waals surface area contributed by atoms with Crippen LogP contribution in [-0.4, -0.2) is 38.2 Å². The molecule has 0 fully saturated rings. The Balaban J connectivity index is 1.81. The van der Waals surface area contributed by atoms with Gasteiger partial charge >= 0.3 is 17.9 Å². The number of ether oxygens (including phenoxy) is 4. The van der Waals surface area contributed by atoms with Gasteiger partial charge in [-0.05, 0) is 80.3 Å². The zero-order valence-corrected chi connectivity index (χ0v) is 19.1. The van der Waals surface area contributed by atoms with Crippen LogP contribution in [0.3, 0.4) is 0 Å². The monoisotopic (exact) mass is 452 g/mol. The maximum Gasteiger partial charge on any atom is 0.343 e. The van der Waals surface area contributed by atoms with E-state index in [-0.39, 0.29) is 5.97 Å². The SMILES string of the molecule is C=C(C)C(=O)OCCCCOc1ccc(C(=O)Oc2ccc(C=CC(=O)OC)cc2C)cc1. The van der Waals surface area contributed by atoms with Gasteiger partial charge in [0.25, 0.3) is 0 Å². The average Bonchev–Trinajstić information content (AvgIpc) is 2.81. The number of esters is 3. The van der Waals surface area contributed by atoms with E-state index in [1.54, 1.807) is 55.5 Å². The van der Waals surface area contributed by atoms with Crippen molar-refractivity contribution in [1.29, 1.82) is 0 Å². The first kappa shape index (κ1) is 25.4. The van der Waals surface area contributed by atoms with Gasteiger partial charge in [-0.2, -0.15) is 0 Å². The summed E-state index contributed by atoms with van der Waals surface area (Å²) in [5.74, 6) is -0.257. The molecule has 2 aromatic rings. The van der Waals surface area contributed by atoms with E-state index in [1.165, 1.54) is 13.2 Å². The fraction of sp³-hybridized carbons (Fsp3) is 0.269. The van der Waals surface area contributed by atoms with E-state index in [0.29, 0.717) is 42.3 Å². The molecule has 0 aliphatic rings. The van der Waals surface area contributed by atoms with Crippen molar-refractivity contribution >= 4 is 24.0 Å². The van der Waals surface area contributed by atoms with Crippen molar-refractivity contribution in [3.05, 3.63) is 77.4 Å². The molecule has 0 spiro atoms. The topological polar surface area (TPSA) is 88.1 Å². The molecule has 0 radical (unpaired) electrons. The van der Waals surface area contributed by atoms with Crippen molar-refractivity contribution in [2.45, 2.75) is 26.7 Å². The van der Waals surface area contributed by atoms with Crippen LogP contribution < -0.4 is 9.47 Å². The third-order valence-corrected chi connectivity index (χ3v) is 4.49. The Labute approximate surface area is 193 Å². The molecule has 0 saturated heterocycles. The third-order valence-electron chi connectivity index (χ3n) is 4.49. The van der Waals surface area contributed by atoms with Gasteiger partial charge in [0.05, 0.1) is 25.9 Å². The van der Waals surface area contributed by atoms with Crippen molar-refractivity contribution in [2.75, 3.05) is 20.3 Å². The number of unbranched alkanes of at least 4 members (excludes halogenated alkanes) is 1. The van der Waals surface area contributed by atoms with Crippen molar-refractivity contribution in [3.63, 3.8) is 0 Å². The zero-order valence-electron chi connectivity index (χ0n) is 19.1. The molecule has 174 valence electrons. The molecule has 0 aromatic heterocycles. The lowest BCUT2D eigenvalue weighted by molar-refractivity contribution is -0.139. The lowest BCUT2D eigenvalue weighted by Crippen LogP contribution is -2.09. The lowest BCUT2D eigenvalue weighted by atomic mass is 10.1. The van der Waals surface area contributed by atoms with Gasteiger partial charge in [0.1, 0.15) is 11.5 Å². The van der Waals surface area contributed by atoms with E-state index < -0.39 is 11.9 Å². The number of carbonyl (C=O) groups excluding carboxylic acids is 3. The Morgan fingerprint density at radius 3 is 2.33 bits per heavy atom. The van der Waals surface area contributed by atoms with Crippen LogP contribution in [-0.2, 0) is 19.1 Å². The van der Waals surface area contributed by atoms with E-state index in [2.05, 4.69) is 11.3 Å². The van der Waals surface area contributed by atoms with Crippen molar-refractivity contribution in [2.24, 2.45) is 0 Å². The van der Waals surface area contributed by atoms with Crippen LogP contribution in [0.15, 0.2) is 60.7 Å². The van der Waals surface area contributed by atoms with Crippen LogP contribution in [0.25, 0.3) is 6.08 Å². The highest BCUT2D eigenvalue weighted by molar-refractivity contribution is 5.91. The molecule has 0 saturated carbocycles. The van der Waals surface area contributed by atoms with Gasteiger partial charge in [0.15, 0.2) is 0 Å². The summed E-state index contributed by atoms with van der Waals surface area (Å²) in [6.07, 6.45) is 4.35. The molecule has 7 nitrogen and oxygen atoms in total. The van der Waals surface area contributed by atoms with Gasteiger partial charge in [0.2, 0.25) is 0 Å². The highest BCUT2D eigenvalue weighted by Gasteiger charge is 2.11. The van der Waals surface area contributed by atoms with E-state index >= 15 is 0 Å². The van der Waals surface area contributed by atoms with Gasteiger partial charge in [-0.15, -0.1) is 0 Å². The summed E-state index contributed by atoms with van der Waals surface area (Å²) in [7, 11) is 1.31. The van der Waals surface area contributed by atoms with Crippen LogP contribution in [0.1, 0.15) is 41.3 Å². The van der Waals surface area contributed by atoms with Gasteiger partial charge in [-0.3, -0.25) is 0 Å². The maximum absolute atomic E-state index is 12.5. The predicted octanol–water partition coefficient (Wildman–Crippen LogP) is 4.68. The summed E-state index contributed by atoms with van der Waals surface area (Å²) in [6.45, 7) is 7.73. The molecule has 0 N–H and O–H groups in total. The third kappa shape index (κ3) is 8.65. The first-order chi connectivity index (χ1) is 15.8. The standard InChI is InChI=1S/C26H28O7/c1-18(2)25(28)32-16-6-5-15-31-22-11-9-21(10-12-22)26(29)33-23-13-7-20(17-19(23)3)8-14-24(27)30-4/h7-14,17H,1,5-6,15-16H2,2-4H3. The second-order valence-electron chi connectivity index (χ2n) is 7.27. The molecule has 7 heteroatoms. The normalized spacial score (nSPS) is 10.5. The van der Waals surface area contributed by atoms with Gasteiger partial charge < -0.3 is 18.9 Å². The second kappa shape index (κ2) is 12.9. The molecule has 0 unspecified atom stereocenters. The molecule has 2 aromatic carbocycles. The molecule has 0 bridgehead atoms. The minimum Gasteiger partial charge on any atom is -0.494 e. The van der Waals surface area contributed by atoms with Crippen molar-refractivity contribution in [3.8, 4) is 11.5 Å². The lowest BCUT2D eigenvalue weighted by Gasteiger charge is -2.10. The Kier molecular flexibility index (Phi) is 9.89. The first-order valence-electron chi connectivity index (χ1n) is 10.4. The highest BCUT2D eigenvalue weighted by atomic mass is 16.5. The van der Waals surface area contributed by atoms with Crippen molar-refractivity contribution in [1.82, 2.24) is 0 Å². The van der Waals surface area contributed by atoms with E-state index in [4.69, 9.17) is 14.2 Å². The molecule has 0 atom stereocenters. The summed E-state index contributed by atoms with van der Waals surface area (Å²) in [5, 5.41) is 0. The molecule has 0 amide bonds. The summed E-state index contributed by atoms with van der Waals surface area (Å²) in [4.78, 5) is 34.9. The summed E-state index contributed by atoms with van der Waals surface area (Å²) < 4.78 is 20.7. The average molecular weight is 453 g/mol. The largest absolute Gasteiger partial charge is 0.494 e. The molecular formula is C26H28O7. The van der Waals surface area contributed by atoms with Gasteiger partial charge in [0, 0.05) is 11.6 Å². The number of aryl methyl sites for hydroxylation is 1. The zero-order chi connectivity index (χ0) is 24.2. The predicted molar refractivity (Wildman–Crippen MR) is 124 cm³/mol. The number of methoxy groups -OCH3 is 1. The van der Waals surface area contributed by atoms with Crippen LogP contribution >= 0.6 is 0 Å². The minimum absolute atomic E-state index is 0.321. The minimum atomic E-state index is -0.484. The molecule has 0 aliphatic carbocycles. The smallest absolute Gasteiger partial charge is 0.343 e. The Morgan fingerprint density at radius 1 is 1.00 bits per heavy atom. The molecule has 2 rings (SSSR count). The molecule has 0 heterocycles. The van der Waals surface area contributed by atoms with Crippen LogP contribution in [0, 0.1) is 6.92 Å². The number of hydrogen-bond donors (Lipinski definition) is 0. The van der Waals surface area contributed by atoms with E-state index in [1.807, 2.05) is 6.92 Å². The summed E-state index contributed by atoms with van der Waals surface area (Å²) >= 11 is 0. The maximum atomic E-state index is 12.5. The quantitative estimate of drug-likeness (QED) is 0.212. The second-order valence-corrected chi connectivity index (χ2v) is 7.27. The highest BCUT2D eigenvalue weighted by Crippen LogP contribution is 2.22.